The predicted octanol–water partition coefficient (Wildman–Crippen LogP) is 1.72. The molecule has 4 N–H and O–H groups in total. The molecule has 1 fully saturated rings. The number of carboxylic acid groups (broad SMARTS) is 1. The normalized spacial score (nSPS) is 17.2. The minimum absolute atomic E-state index is 0.0978. The van der Waals surface area contributed by atoms with Gasteiger partial charge < -0.3 is 15.3 Å². The van der Waals surface area contributed by atoms with Crippen LogP contribution < -0.4 is 9.84 Å². The van der Waals surface area contributed by atoms with Crippen molar-refractivity contribution in [2.24, 2.45) is 0 Å². The maximum atomic E-state index is 12.1. The van der Waals surface area contributed by atoms with E-state index in [2.05, 4.69) is 5.43 Å². The van der Waals surface area contributed by atoms with Gasteiger partial charge in [0.2, 0.25) is 10.0 Å². The Hall–Kier alpha value is -1.94. The first kappa shape index (κ1) is 22.4. The Morgan fingerprint density at radius 1 is 1.29 bits per heavy atom. The number of aliphatic hydroxyl groups excluding tert-OH is 1. The molecule has 9 heteroatoms. The van der Waals surface area contributed by atoms with E-state index in [4.69, 9.17) is 5.11 Å². The first-order chi connectivity index (χ1) is 13.1. The standard InChI is InChI=1S/C19H28N2O6S/c1-28(26,27)21(20-14-5-3-2-4-7-17(22)23)16-10-8-15(9-11-16)18(24)19(25)12-6-13-19/h3,5,8-11,18,20,24-25H,2,4,6-7,12-14H2,1H3,(H,22,23). The van der Waals surface area contributed by atoms with Crippen LogP contribution >= 0.6 is 0 Å². The Kier molecular flexibility index (Phi) is 7.59. The zero-order valence-corrected chi connectivity index (χ0v) is 16.7. The highest BCUT2D eigenvalue weighted by molar-refractivity contribution is 7.92. The number of nitrogens with zero attached hydrogens (tertiary/aromatic N) is 1. The lowest BCUT2D eigenvalue weighted by Gasteiger charge is -2.40. The van der Waals surface area contributed by atoms with Crippen LogP contribution in [0.5, 0.6) is 0 Å². The van der Waals surface area contributed by atoms with Crippen molar-refractivity contribution in [3.8, 4) is 0 Å². The molecule has 0 spiro atoms. The summed E-state index contributed by atoms with van der Waals surface area (Å²) in [4.78, 5) is 10.4. The lowest BCUT2D eigenvalue weighted by atomic mass is 9.74. The first-order valence-corrected chi connectivity index (χ1v) is 11.1. The van der Waals surface area contributed by atoms with Gasteiger partial charge in [-0.1, -0.05) is 24.3 Å². The summed E-state index contributed by atoms with van der Waals surface area (Å²) in [5, 5.41) is 29.2. The van der Waals surface area contributed by atoms with E-state index in [1.807, 2.05) is 0 Å². The molecule has 1 aromatic carbocycles. The number of rotatable bonds is 11. The molecule has 8 nitrogen and oxygen atoms in total. The number of carboxylic acids is 1. The fraction of sp³-hybridized carbons (Fsp3) is 0.526. The summed E-state index contributed by atoms with van der Waals surface area (Å²) in [5.74, 6) is -0.840. The first-order valence-electron chi connectivity index (χ1n) is 9.24. The molecule has 1 unspecified atom stereocenters. The summed E-state index contributed by atoms with van der Waals surface area (Å²) in [6, 6.07) is 6.37. The van der Waals surface area contributed by atoms with Crippen LogP contribution in [0.2, 0.25) is 0 Å². The molecule has 1 aliphatic carbocycles. The molecule has 1 aliphatic rings. The summed E-state index contributed by atoms with van der Waals surface area (Å²) in [6.45, 7) is 0.254. The Morgan fingerprint density at radius 3 is 2.43 bits per heavy atom. The van der Waals surface area contributed by atoms with Crippen molar-refractivity contribution < 1.29 is 28.5 Å². The minimum atomic E-state index is -3.58. The Balaban J connectivity index is 1.97. The quantitative estimate of drug-likeness (QED) is 0.248. The van der Waals surface area contributed by atoms with Crippen LogP contribution in [0.4, 0.5) is 5.69 Å². The number of carbonyl (C=O) groups is 1. The highest BCUT2D eigenvalue weighted by Gasteiger charge is 2.42. The number of aliphatic carboxylic acids is 1. The van der Waals surface area contributed by atoms with Gasteiger partial charge in [-0.2, -0.15) is 0 Å². The van der Waals surface area contributed by atoms with Gasteiger partial charge >= 0.3 is 5.97 Å². The van der Waals surface area contributed by atoms with Crippen molar-refractivity contribution in [2.45, 2.75) is 50.2 Å². The Labute approximate surface area is 165 Å². The minimum Gasteiger partial charge on any atom is -0.481 e. The Morgan fingerprint density at radius 2 is 1.93 bits per heavy atom. The van der Waals surface area contributed by atoms with Crippen LogP contribution in [0.1, 0.15) is 50.2 Å². The lowest BCUT2D eigenvalue weighted by Crippen LogP contribution is -2.43. The summed E-state index contributed by atoms with van der Waals surface area (Å²) in [6.07, 6.45) is 6.82. The van der Waals surface area contributed by atoms with E-state index in [9.17, 15) is 23.4 Å². The number of hydrazine groups is 1. The lowest BCUT2D eigenvalue weighted by molar-refractivity contribution is -0.137. The number of hydrogen-bond acceptors (Lipinski definition) is 6. The second-order valence-electron chi connectivity index (χ2n) is 7.10. The van der Waals surface area contributed by atoms with Crippen molar-refractivity contribution in [2.75, 3.05) is 17.2 Å². The number of unbranched alkanes of at least 4 members (excludes halogenated alkanes) is 1. The van der Waals surface area contributed by atoms with Crippen molar-refractivity contribution in [1.82, 2.24) is 5.43 Å². The zero-order valence-electron chi connectivity index (χ0n) is 15.9. The molecule has 0 heterocycles. The molecule has 0 amide bonds. The van der Waals surface area contributed by atoms with Gasteiger partial charge in [0, 0.05) is 13.0 Å². The SMILES string of the molecule is CS(=O)(=O)N(NCC=CCCCC(=O)O)c1ccc(C(O)C2(O)CCC2)cc1. The van der Waals surface area contributed by atoms with E-state index in [1.54, 1.807) is 36.4 Å². The van der Waals surface area contributed by atoms with Crippen LogP contribution in [0.25, 0.3) is 0 Å². The van der Waals surface area contributed by atoms with Gasteiger partial charge in [0.05, 0.1) is 17.5 Å². The van der Waals surface area contributed by atoms with Gasteiger partial charge in [-0.3, -0.25) is 4.79 Å². The molecule has 2 rings (SSSR count). The second-order valence-corrected chi connectivity index (χ2v) is 8.93. The van der Waals surface area contributed by atoms with Crippen molar-refractivity contribution in [3.05, 3.63) is 42.0 Å². The van der Waals surface area contributed by atoms with E-state index < -0.39 is 27.7 Å². The van der Waals surface area contributed by atoms with Crippen LogP contribution in [0.3, 0.4) is 0 Å². The molecule has 0 bridgehead atoms. The van der Waals surface area contributed by atoms with Crippen LogP contribution in [0.15, 0.2) is 36.4 Å². The summed E-state index contributed by atoms with van der Waals surface area (Å²) < 4.78 is 25.2. The third kappa shape index (κ3) is 6.03. The fourth-order valence-corrected chi connectivity index (χ4v) is 3.84. The third-order valence-corrected chi connectivity index (χ3v) is 5.79. The van der Waals surface area contributed by atoms with Gasteiger partial charge in [0.25, 0.3) is 0 Å². The van der Waals surface area contributed by atoms with Crippen LogP contribution in [-0.2, 0) is 14.8 Å². The van der Waals surface area contributed by atoms with E-state index in [0.29, 0.717) is 36.9 Å². The number of aliphatic hydroxyl groups is 2. The summed E-state index contributed by atoms with van der Waals surface area (Å²) in [7, 11) is -3.58. The summed E-state index contributed by atoms with van der Waals surface area (Å²) in [5.41, 5.74) is 2.64. The molecule has 28 heavy (non-hydrogen) atoms. The Bertz CT molecular complexity index is 787. The number of hydrogen-bond donors (Lipinski definition) is 4. The number of sulfonamides is 1. The molecule has 0 aliphatic heterocycles. The van der Waals surface area contributed by atoms with Gasteiger partial charge in [-0.25, -0.2) is 18.3 Å². The third-order valence-electron chi connectivity index (χ3n) is 4.78. The highest BCUT2D eigenvalue weighted by Crippen LogP contribution is 2.42. The maximum absolute atomic E-state index is 12.1. The largest absolute Gasteiger partial charge is 0.481 e. The molecule has 0 radical (unpaired) electrons. The number of nitrogens with one attached hydrogen (secondary N) is 1. The topological polar surface area (TPSA) is 127 Å². The smallest absolute Gasteiger partial charge is 0.303 e. The van der Waals surface area contributed by atoms with E-state index in [-0.39, 0.29) is 13.0 Å². The van der Waals surface area contributed by atoms with Crippen LogP contribution in [0, 0.1) is 0 Å². The van der Waals surface area contributed by atoms with Gasteiger partial charge in [-0.15, -0.1) is 0 Å². The van der Waals surface area contributed by atoms with Gasteiger partial charge in [0.15, 0.2) is 0 Å². The van der Waals surface area contributed by atoms with Gasteiger partial charge in [0.1, 0.15) is 6.10 Å². The maximum Gasteiger partial charge on any atom is 0.303 e. The van der Waals surface area contributed by atoms with E-state index in [1.165, 1.54) is 0 Å². The van der Waals surface area contributed by atoms with E-state index in [0.717, 1.165) is 17.1 Å². The van der Waals surface area contributed by atoms with Crippen LogP contribution in [-0.4, -0.2) is 48.1 Å². The molecule has 1 saturated carbocycles. The van der Waals surface area contributed by atoms with Crippen molar-refractivity contribution in [1.29, 1.82) is 0 Å². The number of anilines is 1. The second kappa shape index (κ2) is 9.51. The molecule has 1 atom stereocenters. The average molecular weight is 413 g/mol. The molecular formula is C19H28N2O6S. The molecule has 156 valence electrons. The monoisotopic (exact) mass is 412 g/mol. The molecular weight excluding hydrogens is 384 g/mol. The number of benzene rings is 1. The van der Waals surface area contributed by atoms with Crippen molar-refractivity contribution in [3.63, 3.8) is 0 Å². The van der Waals surface area contributed by atoms with Gasteiger partial charge in [-0.05, 0) is 49.8 Å². The molecule has 1 aromatic rings. The highest BCUT2D eigenvalue weighted by atomic mass is 32.2. The number of allylic oxidation sites excluding steroid dienone is 1. The fourth-order valence-electron chi connectivity index (χ4n) is 3.02. The average Bonchev–Trinajstić information content (AvgIpc) is 2.60. The van der Waals surface area contributed by atoms with Crippen molar-refractivity contribution >= 4 is 21.7 Å². The predicted molar refractivity (Wildman–Crippen MR) is 106 cm³/mol. The molecule has 0 aromatic heterocycles. The zero-order chi connectivity index (χ0) is 20.8. The van der Waals surface area contributed by atoms with E-state index >= 15 is 0 Å². The molecule has 0 saturated heterocycles. The summed E-state index contributed by atoms with van der Waals surface area (Å²) >= 11 is 0.